The van der Waals surface area contributed by atoms with E-state index in [1.807, 2.05) is 24.3 Å². The molecule has 1 saturated heterocycles. The molecule has 2 aliphatic heterocycles. The largest absolute Gasteiger partial charge is 0.482 e. The number of benzene rings is 2. The molecule has 7 heteroatoms. The minimum atomic E-state index is -0.189. The lowest BCUT2D eigenvalue weighted by atomic mass is 9.86. The van der Waals surface area contributed by atoms with Crippen molar-refractivity contribution in [3.63, 3.8) is 0 Å². The maximum atomic E-state index is 12.7. The van der Waals surface area contributed by atoms with Crippen molar-refractivity contribution in [1.29, 1.82) is 0 Å². The molecule has 0 bridgehead atoms. The second-order valence-electron chi connectivity index (χ2n) is 9.87. The molecule has 0 unspecified atom stereocenters. The molecule has 33 heavy (non-hydrogen) atoms. The number of quaternary nitrogens is 1. The number of fused-ring (bicyclic) bond motifs is 1. The number of amides is 2. The van der Waals surface area contributed by atoms with Gasteiger partial charge >= 0.3 is 0 Å². The molecule has 4 rings (SSSR count). The van der Waals surface area contributed by atoms with E-state index >= 15 is 0 Å². The summed E-state index contributed by atoms with van der Waals surface area (Å²) in [5.41, 5.74) is 2.99. The quantitative estimate of drug-likeness (QED) is 0.694. The number of piperazine rings is 1. The monoisotopic (exact) mass is 451 g/mol. The van der Waals surface area contributed by atoms with E-state index in [2.05, 4.69) is 55.3 Å². The van der Waals surface area contributed by atoms with Crippen LogP contribution in [0.4, 0.5) is 11.4 Å². The van der Waals surface area contributed by atoms with Gasteiger partial charge in [0.05, 0.1) is 45.0 Å². The van der Waals surface area contributed by atoms with Crippen LogP contribution in [0.3, 0.4) is 0 Å². The smallest absolute Gasteiger partial charge is 0.265 e. The van der Waals surface area contributed by atoms with Crippen molar-refractivity contribution in [2.45, 2.75) is 26.2 Å². The zero-order valence-electron chi connectivity index (χ0n) is 19.9. The molecule has 176 valence electrons. The third-order valence-electron chi connectivity index (χ3n) is 6.46. The van der Waals surface area contributed by atoms with Crippen molar-refractivity contribution >= 4 is 23.2 Å². The minimum absolute atomic E-state index is 0.0138. The third kappa shape index (κ3) is 5.66. The SMILES string of the molecule is CC(C)(C)c1ccc2c(c1)N(CC(=O)NCC[NH+]1CCN(c3ccccc3)CC1)C(=O)CO2. The highest BCUT2D eigenvalue weighted by molar-refractivity contribution is 6.02. The van der Waals surface area contributed by atoms with E-state index in [4.69, 9.17) is 4.74 Å². The van der Waals surface area contributed by atoms with Gasteiger partial charge in [0, 0.05) is 5.69 Å². The molecule has 0 saturated carbocycles. The number of hydrogen-bond acceptors (Lipinski definition) is 4. The summed E-state index contributed by atoms with van der Waals surface area (Å²) in [6.07, 6.45) is 0. The second kappa shape index (κ2) is 9.83. The summed E-state index contributed by atoms with van der Waals surface area (Å²) in [5.74, 6) is 0.321. The Morgan fingerprint density at radius 2 is 1.82 bits per heavy atom. The van der Waals surface area contributed by atoms with E-state index in [0.29, 0.717) is 18.0 Å². The number of para-hydroxylation sites is 1. The molecule has 2 aromatic carbocycles. The molecule has 1 fully saturated rings. The Morgan fingerprint density at radius 3 is 2.52 bits per heavy atom. The van der Waals surface area contributed by atoms with Crippen molar-refractivity contribution in [3.8, 4) is 5.75 Å². The minimum Gasteiger partial charge on any atom is -0.482 e. The Labute approximate surface area is 196 Å². The maximum absolute atomic E-state index is 12.7. The molecular formula is C26H35N4O3+. The summed E-state index contributed by atoms with van der Waals surface area (Å²) in [6, 6.07) is 16.4. The molecule has 0 spiro atoms. The number of rotatable bonds is 6. The van der Waals surface area contributed by atoms with Crippen LogP contribution in [0.2, 0.25) is 0 Å². The van der Waals surface area contributed by atoms with Crippen molar-refractivity contribution in [3.05, 3.63) is 54.1 Å². The summed E-state index contributed by atoms with van der Waals surface area (Å²) in [6.45, 7) is 12.0. The van der Waals surface area contributed by atoms with Gasteiger partial charge in [-0.3, -0.25) is 14.5 Å². The first-order valence-electron chi connectivity index (χ1n) is 11.8. The van der Waals surface area contributed by atoms with Crippen LogP contribution in [0.15, 0.2) is 48.5 Å². The first-order chi connectivity index (χ1) is 15.8. The summed E-state index contributed by atoms with van der Waals surface area (Å²) in [5, 5.41) is 3.01. The number of hydrogen-bond donors (Lipinski definition) is 2. The molecule has 2 aromatic rings. The molecule has 0 aromatic heterocycles. The number of anilines is 2. The van der Waals surface area contributed by atoms with Gasteiger partial charge in [-0.25, -0.2) is 0 Å². The van der Waals surface area contributed by atoms with Crippen LogP contribution >= 0.6 is 0 Å². The van der Waals surface area contributed by atoms with E-state index in [0.717, 1.165) is 38.3 Å². The lowest BCUT2D eigenvalue weighted by molar-refractivity contribution is -0.899. The fraction of sp³-hybridized carbons (Fsp3) is 0.462. The second-order valence-corrected chi connectivity index (χ2v) is 9.87. The Morgan fingerprint density at radius 1 is 1.09 bits per heavy atom. The molecule has 0 atom stereocenters. The molecular weight excluding hydrogens is 416 g/mol. The predicted octanol–water partition coefficient (Wildman–Crippen LogP) is 1.23. The Bertz CT molecular complexity index is 979. The van der Waals surface area contributed by atoms with Crippen LogP contribution in [0, 0.1) is 0 Å². The lowest BCUT2D eigenvalue weighted by Crippen LogP contribution is -3.15. The molecule has 7 nitrogen and oxygen atoms in total. The highest BCUT2D eigenvalue weighted by atomic mass is 16.5. The first kappa shape index (κ1) is 23.1. The van der Waals surface area contributed by atoms with Crippen molar-refractivity contribution in [1.82, 2.24) is 5.32 Å². The number of nitrogens with one attached hydrogen (secondary N) is 2. The van der Waals surface area contributed by atoms with Gasteiger partial charge in [-0.15, -0.1) is 0 Å². The number of ether oxygens (including phenoxy) is 1. The van der Waals surface area contributed by atoms with Gasteiger partial charge in [-0.1, -0.05) is 45.0 Å². The standard InChI is InChI=1S/C26H34N4O3/c1-26(2,3)20-9-10-23-22(17-20)30(25(32)19-33-23)18-24(31)27-11-12-28-13-15-29(16-14-28)21-7-5-4-6-8-21/h4-10,17H,11-16,18-19H2,1-3H3,(H,27,31)/p+1. The number of carbonyl (C=O) groups is 2. The van der Waals surface area contributed by atoms with Crippen LogP contribution in [0.25, 0.3) is 0 Å². The highest BCUT2D eigenvalue weighted by Crippen LogP contribution is 2.36. The molecule has 2 aliphatic rings. The van der Waals surface area contributed by atoms with Crippen LogP contribution in [0.1, 0.15) is 26.3 Å². The Kier molecular flexibility index (Phi) is 6.88. The molecule has 2 amide bonds. The van der Waals surface area contributed by atoms with Crippen LogP contribution in [0.5, 0.6) is 5.75 Å². The van der Waals surface area contributed by atoms with Gasteiger partial charge in [0.25, 0.3) is 5.91 Å². The van der Waals surface area contributed by atoms with Gasteiger partial charge in [0.15, 0.2) is 6.61 Å². The molecule has 2 heterocycles. The third-order valence-corrected chi connectivity index (χ3v) is 6.46. The van der Waals surface area contributed by atoms with E-state index < -0.39 is 0 Å². The van der Waals surface area contributed by atoms with Gasteiger partial charge in [-0.2, -0.15) is 0 Å². The van der Waals surface area contributed by atoms with Crippen molar-refractivity contribution in [2.75, 3.05) is 62.2 Å². The fourth-order valence-electron chi connectivity index (χ4n) is 4.39. The number of nitrogens with zero attached hydrogens (tertiary/aromatic N) is 2. The topological polar surface area (TPSA) is 66.3 Å². The summed E-state index contributed by atoms with van der Waals surface area (Å²) < 4.78 is 5.59. The van der Waals surface area contributed by atoms with Gasteiger partial charge in [0.2, 0.25) is 5.91 Å². The molecule has 0 radical (unpaired) electrons. The molecule has 0 aliphatic carbocycles. The van der Waals surface area contributed by atoms with Crippen LogP contribution < -0.4 is 24.8 Å². The average Bonchev–Trinajstić information content (AvgIpc) is 2.81. The maximum Gasteiger partial charge on any atom is 0.265 e. The van der Waals surface area contributed by atoms with Gasteiger partial charge in [0.1, 0.15) is 12.3 Å². The predicted molar refractivity (Wildman–Crippen MR) is 130 cm³/mol. The highest BCUT2D eigenvalue weighted by Gasteiger charge is 2.29. The summed E-state index contributed by atoms with van der Waals surface area (Å²) in [4.78, 5) is 30.7. The summed E-state index contributed by atoms with van der Waals surface area (Å²) >= 11 is 0. The van der Waals surface area contributed by atoms with E-state index in [-0.39, 0.29) is 30.4 Å². The van der Waals surface area contributed by atoms with Crippen molar-refractivity contribution < 1.29 is 19.2 Å². The van der Waals surface area contributed by atoms with Crippen LogP contribution in [-0.2, 0) is 15.0 Å². The zero-order valence-corrected chi connectivity index (χ0v) is 19.9. The number of carbonyl (C=O) groups excluding carboxylic acids is 2. The zero-order chi connectivity index (χ0) is 23.4. The molecule has 2 N–H and O–H groups in total. The van der Waals surface area contributed by atoms with E-state index in [1.54, 1.807) is 4.90 Å². The summed E-state index contributed by atoms with van der Waals surface area (Å²) in [7, 11) is 0. The van der Waals surface area contributed by atoms with E-state index in [9.17, 15) is 9.59 Å². The lowest BCUT2D eigenvalue weighted by Gasteiger charge is -2.33. The van der Waals surface area contributed by atoms with Gasteiger partial charge < -0.3 is 19.9 Å². The van der Waals surface area contributed by atoms with E-state index in [1.165, 1.54) is 10.6 Å². The average molecular weight is 452 g/mol. The fourth-order valence-corrected chi connectivity index (χ4v) is 4.39. The van der Waals surface area contributed by atoms with Crippen molar-refractivity contribution in [2.24, 2.45) is 0 Å². The Balaban J connectivity index is 1.27. The Hall–Kier alpha value is -3.06. The first-order valence-corrected chi connectivity index (χ1v) is 11.8. The van der Waals surface area contributed by atoms with Gasteiger partial charge in [-0.05, 0) is 35.2 Å². The normalized spacial score (nSPS) is 16.9. The van der Waals surface area contributed by atoms with Crippen LogP contribution in [-0.4, -0.2) is 64.2 Å².